The van der Waals surface area contributed by atoms with E-state index in [1.54, 1.807) is 12.1 Å². The van der Waals surface area contributed by atoms with Crippen LogP contribution in [0.5, 0.6) is 5.75 Å². The number of nitrogens with zero attached hydrogens (tertiary/aromatic N) is 2. The van der Waals surface area contributed by atoms with E-state index in [-0.39, 0.29) is 17.1 Å². The lowest BCUT2D eigenvalue weighted by molar-refractivity contribution is -0.145. The van der Waals surface area contributed by atoms with Crippen molar-refractivity contribution >= 4 is 5.91 Å². The van der Waals surface area contributed by atoms with Gasteiger partial charge < -0.3 is 20.1 Å². The van der Waals surface area contributed by atoms with Crippen LogP contribution in [0, 0.1) is 11.3 Å². The number of carbonyl (C=O) groups is 1. The lowest BCUT2D eigenvalue weighted by Crippen LogP contribution is -2.60. The van der Waals surface area contributed by atoms with Gasteiger partial charge in [0.15, 0.2) is 0 Å². The van der Waals surface area contributed by atoms with Crippen LogP contribution in [-0.2, 0) is 16.1 Å². The number of hydrogen-bond donors (Lipinski definition) is 2. The standard InChI is InChI=1S/C23H35N3O3/c1-2-25-9-7-19-15-20(26-10-12-29-13-11-26)6-8-23(19,17-25)22(28)24-16-18-4-3-5-21(27)14-18/h3-5,14,19-20,27H,2,6-13,15-17H2,1H3,(H,24,28)/t19-,20+,23-/m1/s1. The molecule has 1 amide bonds. The molecule has 0 unspecified atom stereocenters. The van der Waals surface area contributed by atoms with Crippen molar-refractivity contribution in [3.05, 3.63) is 29.8 Å². The van der Waals surface area contributed by atoms with Crippen molar-refractivity contribution in [2.24, 2.45) is 11.3 Å². The Balaban J connectivity index is 1.46. The van der Waals surface area contributed by atoms with Crippen molar-refractivity contribution < 1.29 is 14.6 Å². The number of benzene rings is 1. The van der Waals surface area contributed by atoms with Crippen molar-refractivity contribution in [2.75, 3.05) is 45.9 Å². The summed E-state index contributed by atoms with van der Waals surface area (Å²) in [6.07, 6.45) is 4.28. The topological polar surface area (TPSA) is 65.0 Å². The first kappa shape index (κ1) is 20.6. The average molecular weight is 402 g/mol. The summed E-state index contributed by atoms with van der Waals surface area (Å²) in [5, 5.41) is 12.9. The van der Waals surface area contributed by atoms with E-state index in [0.29, 0.717) is 18.5 Å². The largest absolute Gasteiger partial charge is 0.508 e. The second kappa shape index (κ2) is 9.02. The third-order valence-electron chi connectivity index (χ3n) is 7.39. The molecule has 6 heteroatoms. The molecular weight excluding hydrogens is 366 g/mol. The third-order valence-corrected chi connectivity index (χ3v) is 7.39. The Morgan fingerprint density at radius 3 is 2.86 bits per heavy atom. The Morgan fingerprint density at radius 1 is 1.28 bits per heavy atom. The molecule has 2 heterocycles. The number of rotatable bonds is 5. The molecule has 4 rings (SSSR count). The van der Waals surface area contributed by atoms with Crippen LogP contribution in [0.1, 0.15) is 38.2 Å². The summed E-state index contributed by atoms with van der Waals surface area (Å²) in [6, 6.07) is 7.75. The Labute approximate surface area is 174 Å². The highest BCUT2D eigenvalue weighted by Crippen LogP contribution is 2.47. The van der Waals surface area contributed by atoms with Gasteiger partial charge in [0.05, 0.1) is 18.6 Å². The van der Waals surface area contributed by atoms with Gasteiger partial charge in [-0.05, 0) is 62.4 Å². The number of hydrogen-bond acceptors (Lipinski definition) is 5. The Hall–Kier alpha value is -1.63. The predicted molar refractivity (Wildman–Crippen MR) is 113 cm³/mol. The van der Waals surface area contributed by atoms with Crippen LogP contribution in [0.25, 0.3) is 0 Å². The molecule has 29 heavy (non-hydrogen) atoms. The normalized spacial score (nSPS) is 31.2. The summed E-state index contributed by atoms with van der Waals surface area (Å²) in [7, 11) is 0. The van der Waals surface area contributed by atoms with Crippen molar-refractivity contribution in [2.45, 2.75) is 45.2 Å². The number of aromatic hydroxyl groups is 1. The van der Waals surface area contributed by atoms with Gasteiger partial charge in [0.1, 0.15) is 5.75 Å². The number of likely N-dealkylation sites (tertiary alicyclic amines) is 1. The molecule has 2 N–H and O–H groups in total. The molecule has 0 aromatic heterocycles. The summed E-state index contributed by atoms with van der Waals surface area (Å²) >= 11 is 0. The molecule has 0 bridgehead atoms. The molecule has 6 nitrogen and oxygen atoms in total. The maximum absolute atomic E-state index is 13.5. The van der Waals surface area contributed by atoms with Gasteiger partial charge in [0, 0.05) is 32.2 Å². The lowest BCUT2D eigenvalue weighted by atomic mass is 9.61. The van der Waals surface area contributed by atoms with Gasteiger partial charge in [0.25, 0.3) is 0 Å². The highest BCUT2D eigenvalue weighted by molar-refractivity contribution is 5.83. The number of amides is 1. The van der Waals surface area contributed by atoms with Gasteiger partial charge in [-0.15, -0.1) is 0 Å². The van der Waals surface area contributed by atoms with Crippen LogP contribution >= 0.6 is 0 Å². The zero-order valence-corrected chi connectivity index (χ0v) is 17.6. The van der Waals surface area contributed by atoms with Crippen molar-refractivity contribution in [3.8, 4) is 5.75 Å². The minimum atomic E-state index is -0.284. The number of ether oxygens (including phenoxy) is 1. The fourth-order valence-corrected chi connectivity index (χ4v) is 5.66. The van der Waals surface area contributed by atoms with Gasteiger partial charge in [-0.3, -0.25) is 9.69 Å². The molecule has 1 aromatic rings. The van der Waals surface area contributed by atoms with Crippen molar-refractivity contribution in [3.63, 3.8) is 0 Å². The lowest BCUT2D eigenvalue weighted by Gasteiger charge is -2.53. The van der Waals surface area contributed by atoms with Crippen LogP contribution < -0.4 is 5.32 Å². The zero-order chi connectivity index (χ0) is 20.3. The van der Waals surface area contributed by atoms with E-state index in [9.17, 15) is 9.90 Å². The van der Waals surface area contributed by atoms with Gasteiger partial charge >= 0.3 is 0 Å². The van der Waals surface area contributed by atoms with Crippen LogP contribution in [0.3, 0.4) is 0 Å². The van der Waals surface area contributed by atoms with E-state index in [4.69, 9.17) is 4.74 Å². The van der Waals surface area contributed by atoms with Gasteiger partial charge in [-0.1, -0.05) is 19.1 Å². The molecule has 1 aromatic carbocycles. The average Bonchev–Trinajstić information content (AvgIpc) is 2.77. The molecule has 160 valence electrons. The van der Waals surface area contributed by atoms with E-state index in [1.165, 1.54) is 0 Å². The minimum Gasteiger partial charge on any atom is -0.508 e. The summed E-state index contributed by atoms with van der Waals surface area (Å²) < 4.78 is 5.54. The summed E-state index contributed by atoms with van der Waals surface area (Å²) in [5.41, 5.74) is 0.657. The van der Waals surface area contributed by atoms with Crippen LogP contribution in [0.2, 0.25) is 0 Å². The van der Waals surface area contributed by atoms with E-state index in [2.05, 4.69) is 22.0 Å². The third kappa shape index (κ3) is 4.44. The molecular formula is C23H35N3O3. The number of phenolic OH excluding ortho intramolecular Hbond substituents is 1. The van der Waals surface area contributed by atoms with Crippen LogP contribution in [0.4, 0.5) is 0 Å². The molecule has 2 aliphatic heterocycles. The van der Waals surface area contributed by atoms with E-state index in [1.807, 2.05) is 12.1 Å². The summed E-state index contributed by atoms with van der Waals surface area (Å²) in [6.45, 7) is 9.35. The number of nitrogens with one attached hydrogen (secondary N) is 1. The number of fused-ring (bicyclic) bond motifs is 1. The maximum Gasteiger partial charge on any atom is 0.228 e. The van der Waals surface area contributed by atoms with Crippen molar-refractivity contribution in [1.29, 1.82) is 0 Å². The van der Waals surface area contributed by atoms with E-state index < -0.39 is 0 Å². The van der Waals surface area contributed by atoms with Crippen molar-refractivity contribution in [1.82, 2.24) is 15.1 Å². The molecule has 1 saturated carbocycles. The molecule has 0 radical (unpaired) electrons. The number of piperidine rings is 1. The first-order valence-electron chi connectivity index (χ1n) is 11.2. The Kier molecular flexibility index (Phi) is 6.42. The fourth-order valence-electron chi connectivity index (χ4n) is 5.66. The summed E-state index contributed by atoms with van der Waals surface area (Å²) in [4.78, 5) is 18.6. The highest BCUT2D eigenvalue weighted by atomic mass is 16.5. The second-order valence-corrected chi connectivity index (χ2v) is 8.94. The van der Waals surface area contributed by atoms with Gasteiger partial charge in [-0.25, -0.2) is 0 Å². The first-order chi connectivity index (χ1) is 14.1. The zero-order valence-electron chi connectivity index (χ0n) is 17.6. The fraction of sp³-hybridized carbons (Fsp3) is 0.696. The molecule has 3 atom stereocenters. The predicted octanol–water partition coefficient (Wildman–Crippen LogP) is 2.22. The van der Waals surface area contributed by atoms with Gasteiger partial charge in [-0.2, -0.15) is 0 Å². The smallest absolute Gasteiger partial charge is 0.228 e. The van der Waals surface area contributed by atoms with E-state index >= 15 is 0 Å². The van der Waals surface area contributed by atoms with E-state index in [0.717, 1.165) is 77.2 Å². The Bertz CT molecular complexity index is 706. The first-order valence-corrected chi connectivity index (χ1v) is 11.2. The summed E-state index contributed by atoms with van der Waals surface area (Å²) in [5.74, 6) is 0.883. The molecule has 2 saturated heterocycles. The minimum absolute atomic E-state index is 0.199. The van der Waals surface area contributed by atoms with Crippen LogP contribution in [-0.4, -0.2) is 72.8 Å². The molecule has 3 fully saturated rings. The van der Waals surface area contributed by atoms with Gasteiger partial charge in [0.2, 0.25) is 5.91 Å². The Morgan fingerprint density at radius 2 is 2.10 bits per heavy atom. The van der Waals surface area contributed by atoms with Crippen LogP contribution in [0.15, 0.2) is 24.3 Å². The monoisotopic (exact) mass is 401 g/mol. The number of phenols is 1. The number of morpholine rings is 1. The highest BCUT2D eigenvalue weighted by Gasteiger charge is 2.52. The number of carbonyl (C=O) groups excluding carboxylic acids is 1. The quantitative estimate of drug-likeness (QED) is 0.792. The SMILES string of the molecule is CCN1CC[C@@H]2C[C@@H](N3CCOCC3)CC[C@@]2(C(=O)NCc2cccc(O)c2)C1. The molecule has 3 aliphatic rings. The molecule has 0 spiro atoms. The maximum atomic E-state index is 13.5. The second-order valence-electron chi connectivity index (χ2n) is 8.94. The molecule has 1 aliphatic carbocycles.